The molecule has 7 nitrogen and oxygen atoms in total. The molecule has 1 aromatic carbocycles. The van der Waals surface area contributed by atoms with Crippen molar-refractivity contribution in [1.82, 2.24) is 9.47 Å². The molecule has 8 heteroatoms. The van der Waals surface area contributed by atoms with E-state index >= 15 is 4.39 Å². The van der Waals surface area contributed by atoms with Crippen molar-refractivity contribution in [3.8, 4) is 0 Å². The van der Waals surface area contributed by atoms with Crippen molar-refractivity contribution in [3.63, 3.8) is 0 Å². The quantitative estimate of drug-likeness (QED) is 0.715. The average molecular weight is 415 g/mol. The minimum atomic E-state index is -0.737. The number of ether oxygens (including phenoxy) is 1. The van der Waals surface area contributed by atoms with E-state index in [0.717, 1.165) is 19.6 Å². The van der Waals surface area contributed by atoms with Gasteiger partial charge in [0.05, 0.1) is 28.8 Å². The third-order valence-corrected chi connectivity index (χ3v) is 6.11. The van der Waals surface area contributed by atoms with Gasteiger partial charge in [-0.05, 0) is 26.5 Å². The summed E-state index contributed by atoms with van der Waals surface area (Å²) in [5.41, 5.74) is 0.183. The van der Waals surface area contributed by atoms with Crippen molar-refractivity contribution in [2.75, 3.05) is 44.2 Å². The highest BCUT2D eigenvalue weighted by Gasteiger charge is 2.34. The predicted octanol–water partition coefficient (Wildman–Crippen LogP) is 2.61. The molecule has 2 aliphatic heterocycles. The summed E-state index contributed by atoms with van der Waals surface area (Å²) in [6.45, 7) is 9.43. The first-order chi connectivity index (χ1) is 14.4. The Labute approximate surface area is 174 Å². The lowest BCUT2D eigenvalue weighted by Crippen LogP contribution is -2.47. The van der Waals surface area contributed by atoms with E-state index in [0.29, 0.717) is 18.6 Å². The lowest BCUT2D eigenvalue weighted by molar-refractivity contribution is 0.0524. The fourth-order valence-electron chi connectivity index (χ4n) is 4.51. The number of esters is 1. The maximum atomic E-state index is 15.3. The highest BCUT2D eigenvalue weighted by Crippen LogP contribution is 2.38. The maximum Gasteiger partial charge on any atom is 0.343 e. The lowest BCUT2D eigenvalue weighted by atomic mass is 9.92. The van der Waals surface area contributed by atoms with Gasteiger partial charge in [0, 0.05) is 44.8 Å². The molecule has 1 unspecified atom stereocenters. The predicted molar refractivity (Wildman–Crippen MR) is 112 cm³/mol. The molecule has 0 spiro atoms. The standard InChI is InChI=1S/C22H26FN3O4/c1-4-24-6-8-25(9-7-24)20-16(23)11-14-19-18(20)17(27)10-13(3)26(19)12-15(21(14)28)22(29)30-5-2/h11-13H,4-10H2,1-3H3. The van der Waals surface area contributed by atoms with Crippen LogP contribution in [0.15, 0.2) is 17.1 Å². The molecule has 0 aliphatic carbocycles. The van der Waals surface area contributed by atoms with Crippen LogP contribution in [0.5, 0.6) is 0 Å². The number of piperazine rings is 1. The van der Waals surface area contributed by atoms with Crippen LogP contribution in [0.4, 0.5) is 10.1 Å². The van der Waals surface area contributed by atoms with E-state index in [-0.39, 0.29) is 47.1 Å². The van der Waals surface area contributed by atoms with Gasteiger partial charge in [0.2, 0.25) is 5.43 Å². The number of hydrogen-bond donors (Lipinski definition) is 0. The smallest absolute Gasteiger partial charge is 0.343 e. The molecule has 0 amide bonds. The van der Waals surface area contributed by atoms with E-state index in [9.17, 15) is 14.4 Å². The zero-order valence-electron chi connectivity index (χ0n) is 17.5. The zero-order valence-corrected chi connectivity index (χ0v) is 17.5. The number of ketones is 1. The SMILES string of the molecule is CCOC(=O)c1cn2c3c(c(N4CCN(CC)CC4)c(F)cc3c1=O)C(=O)CC2C. The van der Waals surface area contributed by atoms with Crippen molar-refractivity contribution in [1.29, 1.82) is 0 Å². The second-order valence-corrected chi connectivity index (χ2v) is 7.88. The number of benzene rings is 1. The summed E-state index contributed by atoms with van der Waals surface area (Å²) in [7, 11) is 0. The summed E-state index contributed by atoms with van der Waals surface area (Å²) in [5, 5.41) is 0.0453. The van der Waals surface area contributed by atoms with Gasteiger partial charge < -0.3 is 19.1 Å². The molecule has 1 atom stereocenters. The van der Waals surface area contributed by atoms with Crippen LogP contribution >= 0.6 is 0 Å². The van der Waals surface area contributed by atoms with Gasteiger partial charge >= 0.3 is 5.97 Å². The number of likely N-dealkylation sites (N-methyl/N-ethyl adjacent to an activating group) is 1. The van der Waals surface area contributed by atoms with Crippen LogP contribution in [-0.4, -0.2) is 60.6 Å². The first kappa shape index (κ1) is 20.5. The summed E-state index contributed by atoms with van der Waals surface area (Å²) in [6.07, 6.45) is 1.64. The number of carbonyl (C=O) groups is 2. The highest BCUT2D eigenvalue weighted by molar-refractivity contribution is 6.13. The highest BCUT2D eigenvalue weighted by atomic mass is 19.1. The van der Waals surface area contributed by atoms with Crippen LogP contribution in [0.1, 0.15) is 53.9 Å². The lowest BCUT2D eigenvalue weighted by Gasteiger charge is -2.37. The van der Waals surface area contributed by atoms with Crippen LogP contribution in [-0.2, 0) is 4.74 Å². The Hall–Kier alpha value is -2.74. The van der Waals surface area contributed by atoms with Crippen molar-refractivity contribution in [2.45, 2.75) is 33.2 Å². The monoisotopic (exact) mass is 415 g/mol. The van der Waals surface area contributed by atoms with Crippen molar-refractivity contribution >= 4 is 28.3 Å². The minimum Gasteiger partial charge on any atom is -0.462 e. The van der Waals surface area contributed by atoms with Crippen molar-refractivity contribution < 1.29 is 18.7 Å². The Bertz CT molecular complexity index is 1090. The van der Waals surface area contributed by atoms with Gasteiger partial charge in [0.1, 0.15) is 11.4 Å². The van der Waals surface area contributed by atoms with E-state index in [2.05, 4.69) is 11.8 Å². The van der Waals surface area contributed by atoms with Gasteiger partial charge in [-0.3, -0.25) is 9.59 Å². The van der Waals surface area contributed by atoms with Gasteiger partial charge in [0.25, 0.3) is 0 Å². The molecular weight excluding hydrogens is 389 g/mol. The molecule has 160 valence electrons. The number of rotatable bonds is 4. The largest absolute Gasteiger partial charge is 0.462 e. The third-order valence-electron chi connectivity index (χ3n) is 6.11. The first-order valence-electron chi connectivity index (χ1n) is 10.5. The van der Waals surface area contributed by atoms with E-state index in [1.165, 1.54) is 12.3 Å². The second-order valence-electron chi connectivity index (χ2n) is 7.88. The molecule has 1 saturated heterocycles. The molecular formula is C22H26FN3O4. The van der Waals surface area contributed by atoms with E-state index in [1.54, 1.807) is 11.5 Å². The molecule has 4 rings (SSSR count). The first-order valence-corrected chi connectivity index (χ1v) is 10.5. The molecule has 0 radical (unpaired) electrons. The van der Waals surface area contributed by atoms with Gasteiger partial charge in [-0.1, -0.05) is 6.92 Å². The van der Waals surface area contributed by atoms with E-state index in [1.807, 2.05) is 11.8 Å². The Morgan fingerprint density at radius 1 is 1.20 bits per heavy atom. The van der Waals surface area contributed by atoms with Crippen LogP contribution in [0, 0.1) is 5.82 Å². The molecule has 1 aromatic heterocycles. The van der Waals surface area contributed by atoms with Gasteiger partial charge in [-0.15, -0.1) is 0 Å². The van der Waals surface area contributed by atoms with Crippen molar-refractivity contribution in [3.05, 3.63) is 39.4 Å². The summed E-state index contributed by atoms with van der Waals surface area (Å²) >= 11 is 0. The summed E-state index contributed by atoms with van der Waals surface area (Å²) in [4.78, 5) is 42.5. The Morgan fingerprint density at radius 3 is 2.53 bits per heavy atom. The van der Waals surface area contributed by atoms with Crippen molar-refractivity contribution in [2.24, 2.45) is 0 Å². The molecule has 0 N–H and O–H groups in total. The number of pyridine rings is 1. The number of carbonyl (C=O) groups excluding carboxylic acids is 2. The Kier molecular flexibility index (Phi) is 5.36. The Morgan fingerprint density at radius 2 is 1.90 bits per heavy atom. The molecule has 30 heavy (non-hydrogen) atoms. The number of hydrogen-bond acceptors (Lipinski definition) is 6. The third kappa shape index (κ3) is 3.19. The van der Waals surface area contributed by atoms with Crippen LogP contribution < -0.4 is 10.3 Å². The van der Waals surface area contributed by atoms with Gasteiger partial charge in [-0.25, -0.2) is 9.18 Å². The zero-order chi connectivity index (χ0) is 21.6. The molecule has 3 heterocycles. The summed E-state index contributed by atoms with van der Waals surface area (Å²) < 4.78 is 22.1. The van der Waals surface area contributed by atoms with Gasteiger partial charge in [-0.2, -0.15) is 0 Å². The molecule has 2 aliphatic rings. The average Bonchev–Trinajstić information content (AvgIpc) is 2.73. The second kappa shape index (κ2) is 7.83. The number of nitrogens with zero attached hydrogens (tertiary/aromatic N) is 3. The number of halogens is 1. The van der Waals surface area contributed by atoms with E-state index in [4.69, 9.17) is 4.74 Å². The fourth-order valence-corrected chi connectivity index (χ4v) is 4.51. The Balaban J connectivity index is 1.96. The molecule has 0 bridgehead atoms. The molecule has 2 aromatic rings. The van der Waals surface area contributed by atoms with E-state index < -0.39 is 17.2 Å². The normalized spacial score (nSPS) is 19.4. The fraction of sp³-hybridized carbons (Fsp3) is 0.500. The summed E-state index contributed by atoms with van der Waals surface area (Å²) in [6, 6.07) is 0.921. The molecule has 1 fully saturated rings. The molecule has 0 saturated carbocycles. The minimum absolute atomic E-state index is 0.0453. The number of anilines is 1. The number of aromatic nitrogens is 1. The topological polar surface area (TPSA) is 71.8 Å². The van der Waals surface area contributed by atoms with Crippen LogP contribution in [0.2, 0.25) is 0 Å². The van der Waals surface area contributed by atoms with Crippen LogP contribution in [0.25, 0.3) is 10.9 Å². The summed E-state index contributed by atoms with van der Waals surface area (Å²) in [5.74, 6) is -1.52. The van der Waals surface area contributed by atoms with Gasteiger partial charge in [0.15, 0.2) is 5.78 Å². The maximum absolute atomic E-state index is 15.3. The number of Topliss-reactive ketones (excluding diaryl/α,β-unsaturated/α-hetero) is 1. The van der Waals surface area contributed by atoms with Crippen LogP contribution in [0.3, 0.4) is 0 Å².